The third kappa shape index (κ3) is 3.84. The number of carbonyl (C=O) groups excluding carboxylic acids is 1. The van der Waals surface area contributed by atoms with Gasteiger partial charge in [0, 0.05) is 10.9 Å². The summed E-state index contributed by atoms with van der Waals surface area (Å²) >= 11 is 4.12. The standard InChI is InChI=1S/C16H16FNOS/c1-11(9-12-5-3-2-4-6-12)18-16(19)14-10-13(20)7-8-15(14)17/h2-8,10-11,20H,9H2,1H3,(H,18,19). The van der Waals surface area contributed by atoms with Gasteiger partial charge in [0.25, 0.3) is 5.91 Å². The molecule has 0 saturated carbocycles. The number of nitrogens with one attached hydrogen (secondary N) is 1. The van der Waals surface area contributed by atoms with Crippen LogP contribution in [0.5, 0.6) is 0 Å². The zero-order valence-corrected chi connectivity index (χ0v) is 12.0. The summed E-state index contributed by atoms with van der Waals surface area (Å²) in [5.41, 5.74) is 1.15. The quantitative estimate of drug-likeness (QED) is 0.829. The molecule has 0 bridgehead atoms. The highest BCUT2D eigenvalue weighted by Crippen LogP contribution is 2.14. The first-order chi connectivity index (χ1) is 9.56. The summed E-state index contributed by atoms with van der Waals surface area (Å²) in [6, 6.07) is 14.0. The van der Waals surface area contributed by atoms with Gasteiger partial charge in [-0.3, -0.25) is 4.79 Å². The van der Waals surface area contributed by atoms with Crippen molar-refractivity contribution in [1.29, 1.82) is 0 Å². The van der Waals surface area contributed by atoms with Crippen LogP contribution in [0.3, 0.4) is 0 Å². The SMILES string of the molecule is CC(Cc1ccccc1)NC(=O)c1cc(S)ccc1F. The van der Waals surface area contributed by atoms with E-state index in [4.69, 9.17) is 0 Å². The van der Waals surface area contributed by atoms with E-state index in [2.05, 4.69) is 17.9 Å². The Morgan fingerprint density at radius 3 is 2.65 bits per heavy atom. The summed E-state index contributed by atoms with van der Waals surface area (Å²) in [7, 11) is 0. The van der Waals surface area contributed by atoms with Crippen LogP contribution < -0.4 is 5.32 Å². The molecule has 1 amide bonds. The number of carbonyl (C=O) groups is 1. The lowest BCUT2D eigenvalue weighted by molar-refractivity contribution is 0.0936. The zero-order valence-electron chi connectivity index (χ0n) is 11.1. The number of thiol groups is 1. The van der Waals surface area contributed by atoms with E-state index >= 15 is 0 Å². The molecule has 0 radical (unpaired) electrons. The molecule has 20 heavy (non-hydrogen) atoms. The minimum Gasteiger partial charge on any atom is -0.349 e. The normalized spacial score (nSPS) is 11.9. The van der Waals surface area contributed by atoms with Crippen molar-refractivity contribution < 1.29 is 9.18 Å². The molecule has 0 fully saturated rings. The first-order valence-electron chi connectivity index (χ1n) is 6.39. The third-order valence-corrected chi connectivity index (χ3v) is 3.23. The van der Waals surface area contributed by atoms with E-state index in [1.807, 2.05) is 37.3 Å². The summed E-state index contributed by atoms with van der Waals surface area (Å²) in [5, 5.41) is 2.80. The van der Waals surface area contributed by atoms with Gasteiger partial charge in [-0.1, -0.05) is 30.3 Å². The van der Waals surface area contributed by atoms with Gasteiger partial charge in [0.05, 0.1) is 5.56 Å². The molecule has 1 N–H and O–H groups in total. The van der Waals surface area contributed by atoms with Crippen LogP contribution in [0, 0.1) is 5.82 Å². The maximum atomic E-state index is 13.6. The molecule has 0 aromatic heterocycles. The van der Waals surface area contributed by atoms with Crippen molar-refractivity contribution in [3.8, 4) is 0 Å². The fraction of sp³-hybridized carbons (Fsp3) is 0.188. The van der Waals surface area contributed by atoms with Crippen LogP contribution in [0.2, 0.25) is 0 Å². The second kappa shape index (κ2) is 6.57. The molecule has 1 unspecified atom stereocenters. The van der Waals surface area contributed by atoms with Crippen molar-refractivity contribution in [2.45, 2.75) is 24.3 Å². The van der Waals surface area contributed by atoms with Gasteiger partial charge in [-0.2, -0.15) is 0 Å². The minimum atomic E-state index is -0.535. The number of halogens is 1. The Hall–Kier alpha value is -1.81. The van der Waals surface area contributed by atoms with Crippen molar-refractivity contribution >= 4 is 18.5 Å². The fourth-order valence-corrected chi connectivity index (χ4v) is 2.21. The van der Waals surface area contributed by atoms with E-state index in [0.29, 0.717) is 11.3 Å². The molecule has 2 aromatic rings. The molecule has 4 heteroatoms. The Morgan fingerprint density at radius 1 is 1.25 bits per heavy atom. The average molecular weight is 289 g/mol. The first-order valence-corrected chi connectivity index (χ1v) is 6.84. The van der Waals surface area contributed by atoms with Crippen LogP contribution in [-0.4, -0.2) is 11.9 Å². The molecule has 0 aliphatic carbocycles. The molecular weight excluding hydrogens is 273 g/mol. The molecule has 2 aromatic carbocycles. The van der Waals surface area contributed by atoms with Crippen LogP contribution in [0.25, 0.3) is 0 Å². The second-order valence-electron chi connectivity index (χ2n) is 4.73. The van der Waals surface area contributed by atoms with Crippen LogP contribution >= 0.6 is 12.6 Å². The Kier molecular flexibility index (Phi) is 4.79. The molecule has 1 atom stereocenters. The van der Waals surface area contributed by atoms with Gasteiger partial charge in [-0.05, 0) is 37.1 Å². The number of hydrogen-bond donors (Lipinski definition) is 2. The van der Waals surface area contributed by atoms with E-state index in [1.54, 1.807) is 0 Å². The lowest BCUT2D eigenvalue weighted by Gasteiger charge is -2.14. The van der Waals surface area contributed by atoms with Gasteiger partial charge in [-0.25, -0.2) is 4.39 Å². The van der Waals surface area contributed by atoms with Crippen LogP contribution in [-0.2, 0) is 6.42 Å². The molecule has 0 saturated heterocycles. The van der Waals surface area contributed by atoms with E-state index in [9.17, 15) is 9.18 Å². The molecule has 0 spiro atoms. The number of hydrogen-bond acceptors (Lipinski definition) is 2. The largest absolute Gasteiger partial charge is 0.349 e. The average Bonchev–Trinajstić information content (AvgIpc) is 2.42. The Morgan fingerprint density at radius 2 is 1.95 bits per heavy atom. The van der Waals surface area contributed by atoms with E-state index in [0.717, 1.165) is 5.56 Å². The van der Waals surface area contributed by atoms with Crippen LogP contribution in [0.15, 0.2) is 53.4 Å². The molecule has 2 nitrogen and oxygen atoms in total. The van der Waals surface area contributed by atoms with Crippen LogP contribution in [0.1, 0.15) is 22.8 Å². The molecule has 104 valence electrons. The number of benzene rings is 2. The minimum absolute atomic E-state index is 0.0254. The summed E-state index contributed by atoms with van der Waals surface area (Å²) < 4.78 is 13.6. The lowest BCUT2D eigenvalue weighted by Crippen LogP contribution is -2.34. The highest BCUT2D eigenvalue weighted by Gasteiger charge is 2.14. The monoisotopic (exact) mass is 289 g/mol. The zero-order chi connectivity index (χ0) is 14.5. The van der Waals surface area contributed by atoms with E-state index < -0.39 is 11.7 Å². The van der Waals surface area contributed by atoms with Crippen molar-refractivity contribution in [3.63, 3.8) is 0 Å². The van der Waals surface area contributed by atoms with E-state index in [1.165, 1.54) is 18.2 Å². The molecule has 0 aliphatic heterocycles. The maximum Gasteiger partial charge on any atom is 0.254 e. The van der Waals surface area contributed by atoms with Gasteiger partial charge in [0.2, 0.25) is 0 Å². The van der Waals surface area contributed by atoms with Crippen molar-refractivity contribution in [2.75, 3.05) is 0 Å². The Labute approximate surface area is 123 Å². The molecule has 2 rings (SSSR count). The van der Waals surface area contributed by atoms with Crippen LogP contribution in [0.4, 0.5) is 4.39 Å². The highest BCUT2D eigenvalue weighted by molar-refractivity contribution is 7.80. The number of rotatable bonds is 4. The molecule has 0 aliphatic rings. The van der Waals surface area contributed by atoms with Crippen molar-refractivity contribution in [2.24, 2.45) is 0 Å². The highest BCUT2D eigenvalue weighted by atomic mass is 32.1. The lowest BCUT2D eigenvalue weighted by atomic mass is 10.1. The van der Waals surface area contributed by atoms with Gasteiger partial charge in [0.1, 0.15) is 5.82 Å². The van der Waals surface area contributed by atoms with E-state index in [-0.39, 0.29) is 11.6 Å². The molecule has 0 heterocycles. The third-order valence-electron chi connectivity index (χ3n) is 2.96. The summed E-state index contributed by atoms with van der Waals surface area (Å²) in [6.07, 6.45) is 0.703. The maximum absolute atomic E-state index is 13.6. The van der Waals surface area contributed by atoms with Gasteiger partial charge < -0.3 is 5.32 Å². The fourth-order valence-electron chi connectivity index (χ4n) is 2.01. The summed E-state index contributed by atoms with van der Waals surface area (Å²) in [5.74, 6) is -0.950. The Balaban J connectivity index is 2.02. The second-order valence-corrected chi connectivity index (χ2v) is 5.24. The van der Waals surface area contributed by atoms with Gasteiger partial charge in [0.15, 0.2) is 0 Å². The first kappa shape index (κ1) is 14.6. The smallest absolute Gasteiger partial charge is 0.254 e. The van der Waals surface area contributed by atoms with Gasteiger partial charge in [-0.15, -0.1) is 12.6 Å². The summed E-state index contributed by atoms with van der Waals surface area (Å²) in [6.45, 7) is 1.90. The van der Waals surface area contributed by atoms with Crippen molar-refractivity contribution in [1.82, 2.24) is 5.32 Å². The predicted octanol–water partition coefficient (Wildman–Crippen LogP) is 3.48. The summed E-state index contributed by atoms with van der Waals surface area (Å²) in [4.78, 5) is 12.6. The van der Waals surface area contributed by atoms with Gasteiger partial charge >= 0.3 is 0 Å². The topological polar surface area (TPSA) is 29.1 Å². The van der Waals surface area contributed by atoms with Crippen molar-refractivity contribution in [3.05, 3.63) is 65.5 Å². The molecular formula is C16H16FNOS. The Bertz CT molecular complexity index is 601. The predicted molar refractivity (Wildman–Crippen MR) is 80.7 cm³/mol. The number of amides is 1.